The highest BCUT2D eigenvalue weighted by atomic mass is 32.2. The zero-order valence-corrected chi connectivity index (χ0v) is 17.2. The average molecular weight is 458 g/mol. The zero-order valence-electron chi connectivity index (χ0n) is 15.6. The van der Waals surface area contributed by atoms with Crippen molar-refractivity contribution in [3.8, 4) is 11.5 Å². The van der Waals surface area contributed by atoms with Gasteiger partial charge in [-0.05, 0) is 48.5 Å². The molecule has 2 heterocycles. The number of aromatic nitrogens is 2. The number of nitrogens with one attached hydrogen (secondary N) is 1. The number of hydrogen-bond acceptors (Lipinski definition) is 8. The van der Waals surface area contributed by atoms with Crippen LogP contribution in [0.5, 0.6) is 0 Å². The molecule has 0 saturated carbocycles. The van der Waals surface area contributed by atoms with E-state index in [2.05, 4.69) is 9.97 Å². The van der Waals surface area contributed by atoms with Crippen LogP contribution in [0, 0.1) is 0 Å². The predicted octanol–water partition coefficient (Wildman–Crippen LogP) is 1.66. The summed E-state index contributed by atoms with van der Waals surface area (Å²) in [6.45, 7) is 0. The third-order valence-electron chi connectivity index (χ3n) is 4.23. The van der Waals surface area contributed by atoms with E-state index in [4.69, 9.17) is 9.56 Å². The summed E-state index contributed by atoms with van der Waals surface area (Å²) in [7, 11) is -8.82. The number of sulfonamides is 2. The van der Waals surface area contributed by atoms with Gasteiger partial charge in [-0.25, -0.2) is 36.7 Å². The highest BCUT2D eigenvalue weighted by molar-refractivity contribution is 7.92. The molecule has 0 spiro atoms. The van der Waals surface area contributed by atoms with Crippen molar-refractivity contribution in [2.45, 2.75) is 9.79 Å². The quantitative estimate of drug-likeness (QED) is 0.456. The number of carbonyl (C=O) groups is 1. The topological polar surface area (TPSA) is 162 Å². The lowest BCUT2D eigenvalue weighted by molar-refractivity contribution is 0.0981. The van der Waals surface area contributed by atoms with Gasteiger partial charge in [0.15, 0.2) is 0 Å². The van der Waals surface area contributed by atoms with E-state index >= 15 is 0 Å². The van der Waals surface area contributed by atoms with Crippen molar-refractivity contribution >= 4 is 37.2 Å². The fourth-order valence-corrected chi connectivity index (χ4v) is 5.16. The van der Waals surface area contributed by atoms with Crippen LogP contribution >= 0.6 is 0 Å². The molecular formula is C19H14N4O6S2. The smallest absolute Gasteiger partial charge is 0.265 e. The first-order valence-electron chi connectivity index (χ1n) is 8.66. The Morgan fingerprint density at radius 2 is 1.58 bits per heavy atom. The van der Waals surface area contributed by atoms with Crippen molar-refractivity contribution in [3.05, 3.63) is 72.4 Å². The van der Waals surface area contributed by atoms with Crippen LogP contribution in [0.3, 0.4) is 0 Å². The van der Waals surface area contributed by atoms with Gasteiger partial charge in [0.05, 0.1) is 0 Å². The summed E-state index contributed by atoms with van der Waals surface area (Å²) in [6.07, 6.45) is 1.57. The Morgan fingerprint density at radius 3 is 2.23 bits per heavy atom. The number of oxazole rings is 1. The Hall–Kier alpha value is -3.61. The summed E-state index contributed by atoms with van der Waals surface area (Å²) < 4.78 is 55.9. The summed E-state index contributed by atoms with van der Waals surface area (Å²) in [5, 5.41) is 5.07. The summed E-state index contributed by atoms with van der Waals surface area (Å²) in [4.78, 5) is 19.6. The molecular weight excluding hydrogens is 444 g/mol. The van der Waals surface area contributed by atoms with Crippen molar-refractivity contribution in [1.29, 1.82) is 0 Å². The molecule has 0 atom stereocenters. The van der Waals surface area contributed by atoms with Crippen LogP contribution in [0.4, 0.5) is 0 Å². The molecule has 0 bridgehead atoms. The maximum Gasteiger partial charge on any atom is 0.265 e. The molecule has 1 amide bonds. The van der Waals surface area contributed by atoms with Gasteiger partial charge >= 0.3 is 0 Å². The van der Waals surface area contributed by atoms with Crippen molar-refractivity contribution in [1.82, 2.24) is 14.7 Å². The number of amides is 1. The molecule has 158 valence electrons. The number of hydrogen-bond donors (Lipinski definition) is 2. The van der Waals surface area contributed by atoms with E-state index in [0.717, 1.165) is 12.1 Å². The van der Waals surface area contributed by atoms with Crippen LogP contribution in [0.25, 0.3) is 22.7 Å². The lowest BCUT2D eigenvalue weighted by Gasteiger charge is -2.10. The number of rotatable bonds is 5. The van der Waals surface area contributed by atoms with Gasteiger partial charge in [0, 0.05) is 17.3 Å². The minimum atomic E-state index is -4.50. The van der Waals surface area contributed by atoms with Crippen molar-refractivity contribution < 1.29 is 26.0 Å². The van der Waals surface area contributed by atoms with Crippen LogP contribution in [0.15, 0.2) is 81.1 Å². The first-order valence-corrected chi connectivity index (χ1v) is 11.7. The standard InChI is InChI=1S/C19H14N4O6S2/c20-30(25,26)15-5-1-2-6-16(15)31(27,28)23-17(24)12-7-9-13(10-8-12)18-22-14-4-3-11-21-19(14)29-18/h1-11H,(H,23,24)(H2,20,25,26). The van der Waals surface area contributed by atoms with Crippen molar-refractivity contribution in [2.24, 2.45) is 5.14 Å². The van der Waals surface area contributed by atoms with Crippen LogP contribution in [0.1, 0.15) is 10.4 Å². The number of nitrogens with zero attached hydrogens (tertiary/aromatic N) is 2. The van der Waals surface area contributed by atoms with Gasteiger partial charge in [0.1, 0.15) is 15.3 Å². The van der Waals surface area contributed by atoms with E-state index in [9.17, 15) is 21.6 Å². The van der Waals surface area contributed by atoms with Gasteiger partial charge < -0.3 is 4.42 Å². The minimum absolute atomic E-state index is 0.0228. The second kappa shape index (κ2) is 7.58. The zero-order chi connectivity index (χ0) is 22.2. The monoisotopic (exact) mass is 458 g/mol. The van der Waals surface area contributed by atoms with E-state index in [0.29, 0.717) is 16.8 Å². The average Bonchev–Trinajstić information content (AvgIpc) is 3.17. The third kappa shape index (κ3) is 4.17. The Morgan fingerprint density at radius 1 is 0.903 bits per heavy atom. The molecule has 2 aromatic carbocycles. The first-order chi connectivity index (χ1) is 14.6. The first kappa shape index (κ1) is 20.7. The normalized spacial score (nSPS) is 12.0. The van der Waals surface area contributed by atoms with Gasteiger partial charge in [-0.2, -0.15) is 0 Å². The van der Waals surface area contributed by atoms with E-state index in [-0.39, 0.29) is 11.5 Å². The lowest BCUT2D eigenvalue weighted by atomic mass is 10.1. The van der Waals surface area contributed by atoms with Gasteiger partial charge in [-0.15, -0.1) is 0 Å². The van der Waals surface area contributed by atoms with Gasteiger partial charge in [-0.3, -0.25) is 4.79 Å². The Kier molecular flexibility index (Phi) is 5.05. The van der Waals surface area contributed by atoms with Crippen LogP contribution < -0.4 is 9.86 Å². The van der Waals surface area contributed by atoms with Crippen molar-refractivity contribution in [3.63, 3.8) is 0 Å². The summed E-state index contributed by atoms with van der Waals surface area (Å²) in [6, 6.07) is 14.0. The summed E-state index contributed by atoms with van der Waals surface area (Å²) >= 11 is 0. The molecule has 0 aliphatic rings. The number of primary sulfonamides is 1. The molecule has 2 aromatic heterocycles. The Labute approximate surface area is 176 Å². The number of fused-ring (bicyclic) bond motifs is 1. The molecule has 3 N–H and O–H groups in total. The molecule has 0 aliphatic carbocycles. The SMILES string of the molecule is NS(=O)(=O)c1ccccc1S(=O)(=O)NC(=O)c1ccc(-c2nc3cccnc3o2)cc1. The maximum absolute atomic E-state index is 12.6. The molecule has 0 unspecified atom stereocenters. The fraction of sp³-hybridized carbons (Fsp3) is 0. The van der Waals surface area contributed by atoms with E-state index < -0.39 is 35.7 Å². The molecule has 0 saturated heterocycles. The van der Waals surface area contributed by atoms with Gasteiger partial charge in [-0.1, -0.05) is 12.1 Å². The highest BCUT2D eigenvalue weighted by Crippen LogP contribution is 2.24. The second-order valence-electron chi connectivity index (χ2n) is 6.35. The van der Waals surface area contributed by atoms with E-state index in [1.807, 2.05) is 4.72 Å². The van der Waals surface area contributed by atoms with E-state index in [1.54, 1.807) is 18.3 Å². The van der Waals surface area contributed by atoms with Crippen molar-refractivity contribution in [2.75, 3.05) is 0 Å². The second-order valence-corrected chi connectivity index (χ2v) is 9.53. The molecule has 31 heavy (non-hydrogen) atoms. The number of benzene rings is 2. The molecule has 0 radical (unpaired) electrons. The summed E-state index contributed by atoms with van der Waals surface area (Å²) in [5.74, 6) is -0.662. The fourth-order valence-electron chi connectivity index (χ4n) is 2.80. The number of nitrogens with two attached hydrogens (primary N) is 1. The number of carbonyl (C=O) groups excluding carboxylic acids is 1. The molecule has 4 aromatic rings. The molecule has 4 rings (SSSR count). The van der Waals surface area contributed by atoms with Crippen LogP contribution in [0.2, 0.25) is 0 Å². The largest absolute Gasteiger partial charge is 0.418 e. The van der Waals surface area contributed by atoms with Gasteiger partial charge in [0.25, 0.3) is 15.9 Å². The summed E-state index contributed by atoms with van der Waals surface area (Å²) in [5.41, 5.74) is 1.50. The van der Waals surface area contributed by atoms with Crippen LogP contribution in [-0.4, -0.2) is 32.7 Å². The Balaban J connectivity index is 1.59. The molecule has 0 fully saturated rings. The predicted molar refractivity (Wildman–Crippen MR) is 110 cm³/mol. The number of pyridine rings is 1. The van der Waals surface area contributed by atoms with Gasteiger partial charge in [0.2, 0.25) is 21.6 Å². The van der Waals surface area contributed by atoms with Crippen LogP contribution in [-0.2, 0) is 20.0 Å². The lowest BCUT2D eigenvalue weighted by Crippen LogP contribution is -2.32. The highest BCUT2D eigenvalue weighted by Gasteiger charge is 2.26. The maximum atomic E-state index is 12.6. The molecule has 0 aliphatic heterocycles. The Bertz CT molecular complexity index is 1480. The molecule has 10 nitrogen and oxygen atoms in total. The third-order valence-corrected chi connectivity index (χ3v) is 6.72. The molecule has 12 heteroatoms. The van der Waals surface area contributed by atoms with E-state index in [1.165, 1.54) is 36.4 Å². The minimum Gasteiger partial charge on any atom is -0.418 e.